The molecule has 10 rings (SSSR count). The first kappa shape index (κ1) is 26.7. The van der Waals surface area contributed by atoms with Crippen LogP contribution < -0.4 is 5.32 Å². The number of pyridine rings is 1. The summed E-state index contributed by atoms with van der Waals surface area (Å²) in [6.45, 7) is 0. The van der Waals surface area contributed by atoms with E-state index in [-0.39, 0.29) is 6.17 Å². The van der Waals surface area contributed by atoms with E-state index in [1.165, 1.54) is 0 Å². The Kier molecular flexibility index (Phi) is 5.84. The maximum atomic E-state index is 6.59. The number of nitrogens with one attached hydrogen (secondary N) is 1. The molecule has 226 valence electrons. The number of aliphatic imine (C=N–C) groups is 2. The lowest BCUT2D eigenvalue weighted by Crippen LogP contribution is -2.33. The lowest BCUT2D eigenvalue weighted by molar-refractivity contribution is 0.667. The van der Waals surface area contributed by atoms with Crippen LogP contribution in [-0.4, -0.2) is 16.7 Å². The number of furan rings is 2. The van der Waals surface area contributed by atoms with Crippen molar-refractivity contribution in [2.75, 3.05) is 0 Å². The third kappa shape index (κ3) is 4.16. The molecule has 6 aromatic carbocycles. The van der Waals surface area contributed by atoms with Crippen LogP contribution in [0.3, 0.4) is 0 Å². The lowest BCUT2D eigenvalue weighted by atomic mass is 10.0. The Morgan fingerprint density at radius 3 is 2.15 bits per heavy atom. The van der Waals surface area contributed by atoms with Gasteiger partial charge in [-0.25, -0.2) is 15.0 Å². The monoisotopic (exact) mass is 618 g/mol. The molecule has 6 nitrogen and oxygen atoms in total. The van der Waals surface area contributed by atoms with E-state index in [9.17, 15) is 0 Å². The number of nitrogens with zero attached hydrogens (tertiary/aromatic N) is 3. The Labute approximate surface area is 274 Å². The highest BCUT2D eigenvalue weighted by Crippen LogP contribution is 2.40. The van der Waals surface area contributed by atoms with Gasteiger partial charge in [0.1, 0.15) is 34.4 Å². The first-order valence-corrected chi connectivity index (χ1v) is 16.0. The fraction of sp³-hybridized carbons (Fsp3) is 0.0238. The molecule has 3 aromatic heterocycles. The molecule has 0 saturated heterocycles. The molecule has 1 aliphatic heterocycles. The Hall–Kier alpha value is -6.53. The summed E-state index contributed by atoms with van der Waals surface area (Å²) in [5.74, 6) is 1.38. The van der Waals surface area contributed by atoms with Crippen LogP contribution in [0.25, 0.3) is 66.0 Å². The summed E-state index contributed by atoms with van der Waals surface area (Å²) in [5.41, 5.74) is 8.88. The lowest BCUT2D eigenvalue weighted by Gasteiger charge is -2.24. The van der Waals surface area contributed by atoms with Gasteiger partial charge >= 0.3 is 0 Å². The first-order chi connectivity index (χ1) is 23.8. The van der Waals surface area contributed by atoms with Crippen molar-refractivity contribution in [1.29, 1.82) is 0 Å². The van der Waals surface area contributed by atoms with E-state index in [0.717, 1.165) is 88.6 Å². The summed E-state index contributed by atoms with van der Waals surface area (Å²) in [7, 11) is 0. The van der Waals surface area contributed by atoms with E-state index in [1.807, 2.05) is 91.0 Å². The Morgan fingerprint density at radius 2 is 1.27 bits per heavy atom. The van der Waals surface area contributed by atoms with E-state index < -0.39 is 0 Å². The second-order valence-electron chi connectivity index (χ2n) is 12.0. The molecule has 0 aliphatic carbocycles. The number of para-hydroxylation sites is 2. The fourth-order valence-corrected chi connectivity index (χ4v) is 6.91. The van der Waals surface area contributed by atoms with Gasteiger partial charge in [0.15, 0.2) is 11.4 Å². The minimum atomic E-state index is -0.339. The number of aromatic nitrogens is 1. The van der Waals surface area contributed by atoms with Crippen molar-refractivity contribution in [3.05, 3.63) is 162 Å². The zero-order valence-corrected chi connectivity index (χ0v) is 25.6. The second kappa shape index (κ2) is 10.5. The summed E-state index contributed by atoms with van der Waals surface area (Å²) in [6, 6.07) is 49.2. The molecular formula is C42H26N4O2. The van der Waals surface area contributed by atoms with Crippen LogP contribution in [0.5, 0.6) is 0 Å². The van der Waals surface area contributed by atoms with Gasteiger partial charge in [-0.3, -0.25) is 0 Å². The van der Waals surface area contributed by atoms with Gasteiger partial charge in [0.2, 0.25) is 0 Å². The van der Waals surface area contributed by atoms with E-state index in [0.29, 0.717) is 5.84 Å². The molecule has 48 heavy (non-hydrogen) atoms. The van der Waals surface area contributed by atoms with Gasteiger partial charge in [-0.2, -0.15) is 0 Å². The van der Waals surface area contributed by atoms with Crippen LogP contribution in [-0.2, 0) is 0 Å². The largest absolute Gasteiger partial charge is 0.456 e. The van der Waals surface area contributed by atoms with Crippen molar-refractivity contribution < 1.29 is 8.83 Å². The number of benzene rings is 6. The molecule has 0 radical (unpaired) electrons. The molecular weight excluding hydrogens is 592 g/mol. The number of hydrogen-bond donors (Lipinski definition) is 1. The van der Waals surface area contributed by atoms with Gasteiger partial charge in [-0.05, 0) is 42.0 Å². The van der Waals surface area contributed by atoms with Crippen LogP contribution in [0.2, 0.25) is 0 Å². The maximum absolute atomic E-state index is 6.59. The molecule has 1 N–H and O–H groups in total. The molecule has 0 bridgehead atoms. The Bertz CT molecular complexity index is 2760. The molecule has 0 fully saturated rings. The van der Waals surface area contributed by atoms with Gasteiger partial charge < -0.3 is 14.2 Å². The van der Waals surface area contributed by atoms with Crippen molar-refractivity contribution in [2.45, 2.75) is 6.17 Å². The molecule has 9 aromatic rings. The van der Waals surface area contributed by atoms with Gasteiger partial charge in [-0.15, -0.1) is 0 Å². The smallest absolute Gasteiger partial charge is 0.162 e. The normalized spacial score (nSPS) is 14.9. The topological polar surface area (TPSA) is 75.9 Å². The van der Waals surface area contributed by atoms with Crippen LogP contribution in [0.4, 0.5) is 0 Å². The first-order valence-electron chi connectivity index (χ1n) is 16.0. The molecule has 1 unspecified atom stereocenters. The summed E-state index contributed by atoms with van der Waals surface area (Å²) < 4.78 is 12.8. The molecule has 0 spiro atoms. The number of fused-ring (bicyclic) bond motifs is 8. The summed E-state index contributed by atoms with van der Waals surface area (Å²) in [6.07, 6.45) is -0.339. The third-order valence-electron chi connectivity index (χ3n) is 9.13. The average molecular weight is 619 g/mol. The number of hydrogen-bond acceptors (Lipinski definition) is 6. The quantitative estimate of drug-likeness (QED) is 0.213. The summed E-state index contributed by atoms with van der Waals surface area (Å²) in [4.78, 5) is 15.4. The van der Waals surface area contributed by atoms with Crippen molar-refractivity contribution in [2.24, 2.45) is 9.98 Å². The average Bonchev–Trinajstić information content (AvgIpc) is 3.74. The van der Waals surface area contributed by atoms with Crippen LogP contribution in [0.15, 0.2) is 164 Å². The van der Waals surface area contributed by atoms with E-state index in [1.54, 1.807) is 0 Å². The van der Waals surface area contributed by atoms with Gasteiger partial charge in [0.25, 0.3) is 0 Å². The van der Waals surface area contributed by atoms with Gasteiger partial charge in [0.05, 0.1) is 5.52 Å². The zero-order valence-electron chi connectivity index (χ0n) is 25.6. The second-order valence-corrected chi connectivity index (χ2v) is 12.0. The van der Waals surface area contributed by atoms with Crippen molar-refractivity contribution in [1.82, 2.24) is 10.3 Å². The predicted molar refractivity (Wildman–Crippen MR) is 194 cm³/mol. The molecule has 0 amide bonds. The zero-order chi connectivity index (χ0) is 31.6. The minimum Gasteiger partial charge on any atom is -0.456 e. The molecule has 4 heterocycles. The Morgan fingerprint density at radius 1 is 0.542 bits per heavy atom. The standard InChI is InChI=1S/C42H26N4O2/c1-3-12-25(13-4-1)38-39-37(28-16-7-9-19-32(28)43-38)31-24-27(22-23-34(31)48-39)41-44-40(26-14-5-2-6-15-26)45-42(46-41)30-18-11-21-35-36(30)29-17-8-10-20-33(29)47-35/h1-24,40H,(H,44,45,46). The molecule has 1 atom stereocenters. The van der Waals surface area contributed by atoms with Crippen molar-refractivity contribution in [3.63, 3.8) is 0 Å². The van der Waals surface area contributed by atoms with Crippen LogP contribution in [0.1, 0.15) is 22.9 Å². The predicted octanol–water partition coefficient (Wildman–Crippen LogP) is 10.2. The molecule has 6 heteroatoms. The highest BCUT2D eigenvalue weighted by Gasteiger charge is 2.25. The summed E-state index contributed by atoms with van der Waals surface area (Å²) in [5, 5.41) is 8.78. The van der Waals surface area contributed by atoms with Crippen molar-refractivity contribution in [3.8, 4) is 11.3 Å². The molecule has 1 aliphatic rings. The SMILES string of the molecule is c1ccc(-c2nc3ccccc3c3c2oc2ccc(C4=NC(c5ccccc5)NC(c5cccc6oc7ccccc7c56)=N4)cc23)cc1. The van der Waals surface area contributed by atoms with Crippen molar-refractivity contribution >= 4 is 66.5 Å². The highest BCUT2D eigenvalue weighted by molar-refractivity contribution is 6.24. The van der Waals surface area contributed by atoms with Crippen LogP contribution >= 0.6 is 0 Å². The third-order valence-corrected chi connectivity index (χ3v) is 9.13. The summed E-state index contributed by atoms with van der Waals surface area (Å²) >= 11 is 0. The maximum Gasteiger partial charge on any atom is 0.162 e. The Balaban J connectivity index is 1.20. The van der Waals surface area contributed by atoms with Crippen LogP contribution in [0, 0.1) is 0 Å². The fourth-order valence-electron chi connectivity index (χ4n) is 6.91. The van der Waals surface area contributed by atoms with E-state index in [4.69, 9.17) is 23.8 Å². The van der Waals surface area contributed by atoms with Gasteiger partial charge in [-0.1, -0.05) is 109 Å². The number of rotatable bonds is 4. The molecule has 0 saturated carbocycles. The van der Waals surface area contributed by atoms with Gasteiger partial charge in [0, 0.05) is 43.6 Å². The van der Waals surface area contributed by atoms with E-state index >= 15 is 0 Å². The van der Waals surface area contributed by atoms with E-state index in [2.05, 4.69) is 59.9 Å². The highest BCUT2D eigenvalue weighted by atomic mass is 16.3. The number of amidine groups is 2. The minimum absolute atomic E-state index is 0.339.